The maximum atomic E-state index is 12.6. The van der Waals surface area contributed by atoms with Gasteiger partial charge < -0.3 is 19.9 Å². The van der Waals surface area contributed by atoms with E-state index in [4.69, 9.17) is 4.74 Å². The highest BCUT2D eigenvalue weighted by Crippen LogP contribution is 2.12. The molecule has 27 heavy (non-hydrogen) atoms. The van der Waals surface area contributed by atoms with Gasteiger partial charge in [0.15, 0.2) is 0 Å². The van der Waals surface area contributed by atoms with Crippen molar-refractivity contribution < 1.29 is 9.53 Å². The number of nitrogens with zero attached hydrogens (tertiary/aromatic N) is 4. The summed E-state index contributed by atoms with van der Waals surface area (Å²) in [5.74, 6) is 1.40. The first kappa shape index (κ1) is 19.1. The highest BCUT2D eigenvalue weighted by Gasteiger charge is 2.21. The molecule has 1 amide bonds. The molecule has 1 aromatic heterocycles. The summed E-state index contributed by atoms with van der Waals surface area (Å²) in [6.45, 7) is 7.26. The lowest BCUT2D eigenvalue weighted by Crippen LogP contribution is -2.48. The zero-order valence-electron chi connectivity index (χ0n) is 16.0. The van der Waals surface area contributed by atoms with Gasteiger partial charge in [-0.2, -0.15) is 0 Å². The molecule has 1 saturated heterocycles. The third-order valence-electron chi connectivity index (χ3n) is 4.86. The van der Waals surface area contributed by atoms with E-state index in [1.165, 1.54) is 5.56 Å². The second-order valence-electron chi connectivity index (χ2n) is 6.55. The number of ether oxygens (including phenoxy) is 1. The average Bonchev–Trinajstić information content (AvgIpc) is 2.74. The van der Waals surface area contributed by atoms with Gasteiger partial charge in [-0.15, -0.1) is 0 Å². The van der Waals surface area contributed by atoms with E-state index in [9.17, 15) is 4.79 Å². The van der Waals surface area contributed by atoms with Crippen molar-refractivity contribution in [1.29, 1.82) is 0 Å². The number of carbonyl (C=O) groups excluding carboxylic acids is 1. The molecule has 7 heteroatoms. The number of methoxy groups -OCH3 is 1. The number of likely N-dealkylation sites (N-methyl/N-ethyl adjacent to an activating group) is 1. The number of carbonyl (C=O) groups is 1. The van der Waals surface area contributed by atoms with Crippen molar-refractivity contribution in [1.82, 2.24) is 19.8 Å². The van der Waals surface area contributed by atoms with Crippen LogP contribution < -0.4 is 10.1 Å². The first-order valence-corrected chi connectivity index (χ1v) is 9.40. The Labute approximate surface area is 160 Å². The molecule has 0 atom stereocenters. The molecule has 0 radical (unpaired) electrons. The van der Waals surface area contributed by atoms with Crippen LogP contribution in [0.1, 0.15) is 22.8 Å². The predicted octanol–water partition coefficient (Wildman–Crippen LogP) is 1.92. The molecule has 0 unspecified atom stereocenters. The molecule has 0 saturated carbocycles. The van der Waals surface area contributed by atoms with Crippen LogP contribution in [0.4, 0.5) is 5.95 Å². The third-order valence-corrected chi connectivity index (χ3v) is 4.86. The molecule has 1 aromatic carbocycles. The Kier molecular flexibility index (Phi) is 6.59. The molecular weight excluding hydrogens is 342 g/mol. The zero-order chi connectivity index (χ0) is 19.1. The van der Waals surface area contributed by atoms with Crippen LogP contribution >= 0.6 is 0 Å². The summed E-state index contributed by atoms with van der Waals surface area (Å²) in [6.07, 6.45) is 4.07. The van der Waals surface area contributed by atoms with Crippen LogP contribution in [0, 0.1) is 0 Å². The minimum Gasteiger partial charge on any atom is -0.497 e. The summed E-state index contributed by atoms with van der Waals surface area (Å²) in [7, 11) is 1.66. The van der Waals surface area contributed by atoms with Gasteiger partial charge in [0, 0.05) is 45.1 Å². The molecule has 7 nitrogen and oxygen atoms in total. The highest BCUT2D eigenvalue weighted by molar-refractivity contribution is 5.93. The molecule has 0 aliphatic carbocycles. The van der Waals surface area contributed by atoms with Crippen LogP contribution in [-0.4, -0.2) is 72.1 Å². The van der Waals surface area contributed by atoms with Gasteiger partial charge in [-0.1, -0.05) is 19.1 Å². The molecular formula is C20H27N5O2. The van der Waals surface area contributed by atoms with Gasteiger partial charge in [0.05, 0.1) is 12.7 Å². The number of hydrogen-bond acceptors (Lipinski definition) is 6. The lowest BCUT2D eigenvalue weighted by Gasteiger charge is -2.33. The first-order chi connectivity index (χ1) is 13.2. The van der Waals surface area contributed by atoms with Crippen LogP contribution in [0.3, 0.4) is 0 Å². The summed E-state index contributed by atoms with van der Waals surface area (Å²) in [4.78, 5) is 25.3. The number of aromatic nitrogens is 2. The Balaban J connectivity index is 1.47. The Bertz CT molecular complexity index is 725. The smallest absolute Gasteiger partial charge is 0.257 e. The Hall–Kier alpha value is -2.67. The standard InChI is InChI=1S/C20H27N5O2/c1-3-24-10-12-25(13-11-24)19(26)17-14-22-20(23-15-17)21-9-8-16-4-6-18(27-2)7-5-16/h4-7,14-15H,3,8-13H2,1-2H3,(H,21,22,23). The lowest BCUT2D eigenvalue weighted by molar-refractivity contribution is 0.0642. The number of benzene rings is 1. The van der Waals surface area contributed by atoms with Gasteiger partial charge >= 0.3 is 0 Å². The summed E-state index contributed by atoms with van der Waals surface area (Å²) in [5, 5.41) is 3.20. The maximum absolute atomic E-state index is 12.6. The van der Waals surface area contributed by atoms with Gasteiger partial charge in [-0.05, 0) is 30.7 Å². The predicted molar refractivity (Wildman–Crippen MR) is 105 cm³/mol. The van der Waals surface area contributed by atoms with Gasteiger partial charge in [-0.3, -0.25) is 4.79 Å². The summed E-state index contributed by atoms with van der Waals surface area (Å²) < 4.78 is 5.16. The molecule has 0 spiro atoms. The molecule has 2 heterocycles. The Morgan fingerprint density at radius 3 is 2.37 bits per heavy atom. The van der Waals surface area contributed by atoms with Crippen molar-refractivity contribution >= 4 is 11.9 Å². The van der Waals surface area contributed by atoms with E-state index in [1.807, 2.05) is 29.2 Å². The SMILES string of the molecule is CCN1CCN(C(=O)c2cnc(NCCc3ccc(OC)cc3)nc2)CC1. The second-order valence-corrected chi connectivity index (χ2v) is 6.55. The van der Waals surface area contributed by atoms with Crippen molar-refractivity contribution in [2.45, 2.75) is 13.3 Å². The number of hydrogen-bond donors (Lipinski definition) is 1. The minimum atomic E-state index is 0.00976. The summed E-state index contributed by atoms with van der Waals surface area (Å²) in [5.41, 5.74) is 1.75. The largest absolute Gasteiger partial charge is 0.497 e. The molecule has 1 fully saturated rings. The van der Waals surface area contributed by atoms with E-state index in [1.54, 1.807) is 19.5 Å². The van der Waals surface area contributed by atoms with Crippen LogP contribution in [0.25, 0.3) is 0 Å². The zero-order valence-corrected chi connectivity index (χ0v) is 16.0. The second kappa shape index (κ2) is 9.32. The van der Waals surface area contributed by atoms with Crippen LogP contribution in [0.5, 0.6) is 5.75 Å². The van der Waals surface area contributed by atoms with Crippen LogP contribution in [-0.2, 0) is 6.42 Å². The van der Waals surface area contributed by atoms with Gasteiger partial charge in [-0.25, -0.2) is 9.97 Å². The quantitative estimate of drug-likeness (QED) is 0.804. The number of amides is 1. The topological polar surface area (TPSA) is 70.6 Å². The fourth-order valence-electron chi connectivity index (χ4n) is 3.09. The summed E-state index contributed by atoms with van der Waals surface area (Å²) >= 11 is 0. The number of piperazine rings is 1. The molecule has 0 bridgehead atoms. The number of anilines is 1. The fraction of sp³-hybridized carbons (Fsp3) is 0.450. The molecule has 144 valence electrons. The van der Waals surface area contributed by atoms with E-state index >= 15 is 0 Å². The van der Waals surface area contributed by atoms with E-state index < -0.39 is 0 Å². The highest BCUT2D eigenvalue weighted by atomic mass is 16.5. The lowest BCUT2D eigenvalue weighted by atomic mass is 10.1. The number of nitrogens with one attached hydrogen (secondary N) is 1. The van der Waals surface area contributed by atoms with Crippen molar-refractivity contribution in [3.05, 3.63) is 47.8 Å². The minimum absolute atomic E-state index is 0.00976. The van der Waals surface area contributed by atoms with E-state index in [2.05, 4.69) is 27.1 Å². The van der Waals surface area contributed by atoms with Gasteiger partial charge in [0.1, 0.15) is 5.75 Å². The average molecular weight is 369 g/mol. The molecule has 1 aliphatic rings. The fourth-order valence-corrected chi connectivity index (χ4v) is 3.09. The maximum Gasteiger partial charge on any atom is 0.257 e. The summed E-state index contributed by atoms with van der Waals surface area (Å²) in [6, 6.07) is 7.99. The third kappa shape index (κ3) is 5.17. The van der Waals surface area contributed by atoms with Crippen molar-refractivity contribution in [3.63, 3.8) is 0 Å². The molecule has 3 rings (SSSR count). The Morgan fingerprint density at radius 1 is 1.11 bits per heavy atom. The number of rotatable bonds is 7. The van der Waals surface area contributed by atoms with Crippen LogP contribution in [0.2, 0.25) is 0 Å². The van der Waals surface area contributed by atoms with E-state index in [-0.39, 0.29) is 5.91 Å². The van der Waals surface area contributed by atoms with Gasteiger partial charge in [0.25, 0.3) is 5.91 Å². The normalized spacial score (nSPS) is 14.8. The monoisotopic (exact) mass is 369 g/mol. The van der Waals surface area contributed by atoms with Gasteiger partial charge in [0.2, 0.25) is 5.95 Å². The van der Waals surface area contributed by atoms with E-state index in [0.717, 1.165) is 51.4 Å². The Morgan fingerprint density at radius 2 is 1.78 bits per heavy atom. The first-order valence-electron chi connectivity index (χ1n) is 9.40. The van der Waals surface area contributed by atoms with E-state index in [0.29, 0.717) is 11.5 Å². The van der Waals surface area contributed by atoms with Crippen molar-refractivity contribution in [2.75, 3.05) is 51.7 Å². The van der Waals surface area contributed by atoms with Crippen molar-refractivity contribution in [3.8, 4) is 5.75 Å². The molecule has 1 N–H and O–H groups in total. The van der Waals surface area contributed by atoms with Crippen molar-refractivity contribution in [2.24, 2.45) is 0 Å². The molecule has 1 aliphatic heterocycles. The van der Waals surface area contributed by atoms with Crippen LogP contribution in [0.15, 0.2) is 36.7 Å². The molecule has 2 aromatic rings.